The van der Waals surface area contributed by atoms with Crippen molar-refractivity contribution in [3.05, 3.63) is 23.9 Å². The van der Waals surface area contributed by atoms with Crippen LogP contribution < -0.4 is 10.2 Å². The van der Waals surface area contributed by atoms with E-state index in [9.17, 15) is 4.79 Å². The molecule has 23 heavy (non-hydrogen) atoms. The van der Waals surface area contributed by atoms with Crippen molar-refractivity contribution in [3.63, 3.8) is 0 Å². The number of rotatable bonds is 6. The molecule has 1 aliphatic rings. The molecule has 0 radical (unpaired) electrons. The Balaban J connectivity index is 1.97. The Kier molecular flexibility index (Phi) is 5.99. The van der Waals surface area contributed by atoms with Crippen LogP contribution in [-0.2, 0) is 4.74 Å². The molecule has 0 bridgehead atoms. The highest BCUT2D eigenvalue weighted by molar-refractivity contribution is 5.94. The molecule has 0 saturated carbocycles. The van der Waals surface area contributed by atoms with Gasteiger partial charge in [0.15, 0.2) is 0 Å². The standard InChI is InChI=1S/C18H29N3O2/c1-5-10-21(6-2)16-8-7-14(13-19-16)17(22)20-15-9-11-23-18(3,4)12-15/h7-8,13,15H,5-6,9-12H2,1-4H3,(H,20,22)/t15-/m0/s1. The van der Waals surface area contributed by atoms with Crippen molar-refractivity contribution in [2.45, 2.75) is 58.6 Å². The fraction of sp³-hybridized carbons (Fsp3) is 0.667. The maximum atomic E-state index is 12.4. The summed E-state index contributed by atoms with van der Waals surface area (Å²) in [7, 11) is 0. The topological polar surface area (TPSA) is 54.5 Å². The van der Waals surface area contributed by atoms with Crippen LogP contribution >= 0.6 is 0 Å². The van der Waals surface area contributed by atoms with Gasteiger partial charge in [0.1, 0.15) is 5.82 Å². The van der Waals surface area contributed by atoms with Gasteiger partial charge in [-0.1, -0.05) is 6.92 Å². The lowest BCUT2D eigenvalue weighted by Gasteiger charge is -2.35. The number of aromatic nitrogens is 1. The Morgan fingerprint density at radius 3 is 2.78 bits per heavy atom. The van der Waals surface area contributed by atoms with E-state index in [0.29, 0.717) is 12.2 Å². The smallest absolute Gasteiger partial charge is 0.253 e. The average Bonchev–Trinajstić information content (AvgIpc) is 2.52. The first-order chi connectivity index (χ1) is 10.9. The number of carbonyl (C=O) groups is 1. The van der Waals surface area contributed by atoms with Crippen molar-refractivity contribution in [1.29, 1.82) is 0 Å². The van der Waals surface area contributed by atoms with Crippen molar-refractivity contribution in [2.24, 2.45) is 0 Å². The normalized spacial score (nSPS) is 20.1. The van der Waals surface area contributed by atoms with Gasteiger partial charge in [0.25, 0.3) is 5.91 Å². The van der Waals surface area contributed by atoms with Gasteiger partial charge >= 0.3 is 0 Å². The first-order valence-electron chi connectivity index (χ1n) is 8.61. The molecule has 1 fully saturated rings. The zero-order valence-corrected chi connectivity index (χ0v) is 14.8. The molecule has 0 spiro atoms. The minimum absolute atomic E-state index is 0.0507. The minimum atomic E-state index is -0.167. The second-order valence-electron chi connectivity index (χ2n) is 6.76. The molecule has 0 unspecified atom stereocenters. The SMILES string of the molecule is CCCN(CC)c1ccc(C(=O)N[C@H]2CCOC(C)(C)C2)cn1. The van der Waals surface area contributed by atoms with Crippen LogP contribution in [-0.4, -0.2) is 42.2 Å². The van der Waals surface area contributed by atoms with Gasteiger partial charge in [-0.05, 0) is 52.2 Å². The highest BCUT2D eigenvalue weighted by Crippen LogP contribution is 2.24. The number of amides is 1. The van der Waals surface area contributed by atoms with Crippen LogP contribution in [0.25, 0.3) is 0 Å². The summed E-state index contributed by atoms with van der Waals surface area (Å²) in [5, 5.41) is 3.11. The maximum absolute atomic E-state index is 12.4. The zero-order valence-electron chi connectivity index (χ0n) is 14.8. The number of pyridine rings is 1. The van der Waals surface area contributed by atoms with Gasteiger partial charge in [-0.25, -0.2) is 4.98 Å². The molecule has 1 saturated heterocycles. The van der Waals surface area contributed by atoms with Crippen LogP contribution in [0.15, 0.2) is 18.3 Å². The third kappa shape index (κ3) is 4.93. The number of carbonyl (C=O) groups excluding carboxylic acids is 1. The fourth-order valence-corrected chi connectivity index (χ4v) is 3.04. The monoisotopic (exact) mass is 319 g/mol. The van der Waals surface area contributed by atoms with Gasteiger partial charge in [0.2, 0.25) is 0 Å². The van der Waals surface area contributed by atoms with E-state index in [1.807, 2.05) is 12.1 Å². The van der Waals surface area contributed by atoms with Crippen molar-refractivity contribution < 1.29 is 9.53 Å². The van der Waals surface area contributed by atoms with Gasteiger partial charge in [-0.2, -0.15) is 0 Å². The van der Waals surface area contributed by atoms with Crippen LogP contribution in [0.1, 0.15) is 57.3 Å². The van der Waals surface area contributed by atoms with E-state index in [1.54, 1.807) is 6.20 Å². The molecular formula is C18H29N3O2. The third-order valence-corrected chi connectivity index (χ3v) is 4.24. The average molecular weight is 319 g/mol. The predicted molar refractivity (Wildman–Crippen MR) is 92.9 cm³/mol. The lowest BCUT2D eigenvalue weighted by Crippen LogP contribution is -2.45. The second kappa shape index (κ2) is 7.77. The molecule has 2 heterocycles. The number of ether oxygens (including phenoxy) is 1. The molecule has 0 aliphatic carbocycles. The van der Waals surface area contributed by atoms with Gasteiger partial charge in [-0.3, -0.25) is 4.79 Å². The highest BCUT2D eigenvalue weighted by atomic mass is 16.5. The van der Waals surface area contributed by atoms with Gasteiger partial charge in [0, 0.05) is 31.9 Å². The molecule has 1 atom stereocenters. The van der Waals surface area contributed by atoms with Gasteiger partial charge in [0.05, 0.1) is 11.2 Å². The molecule has 1 N–H and O–H groups in total. The molecule has 5 heteroatoms. The zero-order chi connectivity index (χ0) is 16.9. The molecule has 1 aromatic heterocycles. The van der Waals surface area contributed by atoms with E-state index in [1.165, 1.54) is 0 Å². The number of anilines is 1. The van der Waals surface area contributed by atoms with Crippen LogP contribution in [0.4, 0.5) is 5.82 Å². The third-order valence-electron chi connectivity index (χ3n) is 4.24. The number of nitrogens with one attached hydrogen (secondary N) is 1. The highest BCUT2D eigenvalue weighted by Gasteiger charge is 2.29. The van der Waals surface area contributed by atoms with E-state index in [0.717, 1.165) is 38.2 Å². The summed E-state index contributed by atoms with van der Waals surface area (Å²) in [6.07, 6.45) is 4.45. The van der Waals surface area contributed by atoms with Crippen molar-refractivity contribution in [3.8, 4) is 0 Å². The molecule has 128 valence electrons. The molecule has 5 nitrogen and oxygen atoms in total. The maximum Gasteiger partial charge on any atom is 0.253 e. The van der Waals surface area contributed by atoms with E-state index < -0.39 is 0 Å². The summed E-state index contributed by atoms with van der Waals surface area (Å²) in [5.41, 5.74) is 0.450. The quantitative estimate of drug-likeness (QED) is 0.876. The van der Waals surface area contributed by atoms with Crippen molar-refractivity contribution in [2.75, 3.05) is 24.6 Å². The van der Waals surface area contributed by atoms with E-state index in [4.69, 9.17) is 4.74 Å². The van der Waals surface area contributed by atoms with Gasteiger partial charge in [-0.15, -0.1) is 0 Å². The Bertz CT molecular complexity index is 514. The van der Waals surface area contributed by atoms with Crippen LogP contribution in [0.3, 0.4) is 0 Å². The van der Waals surface area contributed by atoms with Crippen molar-refractivity contribution >= 4 is 11.7 Å². The van der Waals surface area contributed by atoms with E-state index in [2.05, 4.69) is 42.9 Å². The summed E-state index contributed by atoms with van der Waals surface area (Å²) >= 11 is 0. The summed E-state index contributed by atoms with van der Waals surface area (Å²) in [6, 6.07) is 3.96. The lowest BCUT2D eigenvalue weighted by molar-refractivity contribution is -0.0615. The summed E-state index contributed by atoms with van der Waals surface area (Å²) in [5.74, 6) is 0.878. The Hall–Kier alpha value is -1.62. The largest absolute Gasteiger partial charge is 0.375 e. The van der Waals surface area contributed by atoms with Crippen LogP contribution in [0.2, 0.25) is 0 Å². The van der Waals surface area contributed by atoms with E-state index >= 15 is 0 Å². The van der Waals surface area contributed by atoms with Crippen molar-refractivity contribution in [1.82, 2.24) is 10.3 Å². The molecule has 1 amide bonds. The molecular weight excluding hydrogens is 290 g/mol. The van der Waals surface area contributed by atoms with Gasteiger partial charge < -0.3 is 15.0 Å². The first kappa shape index (κ1) is 17.7. The number of hydrogen-bond acceptors (Lipinski definition) is 4. The van der Waals surface area contributed by atoms with E-state index in [-0.39, 0.29) is 17.6 Å². The summed E-state index contributed by atoms with van der Waals surface area (Å²) < 4.78 is 5.69. The molecule has 1 aliphatic heterocycles. The summed E-state index contributed by atoms with van der Waals surface area (Å²) in [4.78, 5) is 19.1. The molecule has 2 rings (SSSR count). The minimum Gasteiger partial charge on any atom is -0.375 e. The van der Waals surface area contributed by atoms with Crippen LogP contribution in [0.5, 0.6) is 0 Å². The fourth-order valence-electron chi connectivity index (χ4n) is 3.04. The molecule has 0 aromatic carbocycles. The summed E-state index contributed by atoms with van der Waals surface area (Å²) in [6.45, 7) is 11.0. The Morgan fingerprint density at radius 1 is 1.43 bits per heavy atom. The number of nitrogens with zero attached hydrogens (tertiary/aromatic N) is 2. The second-order valence-corrected chi connectivity index (χ2v) is 6.76. The Labute approximate surface area is 139 Å². The Morgan fingerprint density at radius 2 is 2.22 bits per heavy atom. The molecule has 1 aromatic rings. The van der Waals surface area contributed by atoms with Crippen LogP contribution in [0, 0.1) is 0 Å². The predicted octanol–water partition coefficient (Wildman–Crippen LogP) is 3.01. The lowest BCUT2D eigenvalue weighted by atomic mass is 9.94. The number of hydrogen-bond donors (Lipinski definition) is 1. The first-order valence-corrected chi connectivity index (χ1v) is 8.61.